The van der Waals surface area contributed by atoms with Gasteiger partial charge in [-0.15, -0.1) is 0 Å². The third kappa shape index (κ3) is 4.52. The molecule has 0 unspecified atom stereocenters. The lowest BCUT2D eigenvalue weighted by atomic mass is 10.3. The quantitative estimate of drug-likeness (QED) is 0.510. The van der Waals surface area contributed by atoms with Gasteiger partial charge in [0, 0.05) is 12.4 Å². The number of rotatable bonds is 0. The molecule has 4 aromatic heterocycles. The summed E-state index contributed by atoms with van der Waals surface area (Å²) in [5, 5.41) is 9.05. The Morgan fingerprint density at radius 2 is 1.29 bits per heavy atom. The van der Waals surface area contributed by atoms with E-state index >= 15 is 0 Å². The summed E-state index contributed by atoms with van der Waals surface area (Å²) in [7, 11) is 0. The van der Waals surface area contributed by atoms with Crippen LogP contribution in [0.3, 0.4) is 0 Å². The summed E-state index contributed by atoms with van der Waals surface area (Å²) in [6.07, 6.45) is 3.32. The number of pyridine rings is 2. The SMILES string of the molecule is CC.CC.Cc1noc2ncccc12.Nc1noc2ncccc12. The molecule has 2 N–H and O–H groups in total. The van der Waals surface area contributed by atoms with Gasteiger partial charge in [-0.3, -0.25) is 0 Å². The highest BCUT2D eigenvalue weighted by atomic mass is 16.5. The number of hydrogen-bond donors (Lipinski definition) is 1. The zero-order valence-corrected chi connectivity index (χ0v) is 14.6. The number of aryl methyl sites for hydroxylation is 1. The van der Waals surface area contributed by atoms with Gasteiger partial charge in [-0.2, -0.15) is 0 Å². The Morgan fingerprint density at radius 3 is 1.83 bits per heavy atom. The van der Waals surface area contributed by atoms with Crippen molar-refractivity contribution in [1.82, 2.24) is 20.3 Å². The lowest BCUT2D eigenvalue weighted by Crippen LogP contribution is -1.82. The predicted octanol–water partition coefficient (Wildman–Crippen LogP) is 4.39. The first kappa shape index (κ1) is 19.1. The molecule has 4 aromatic rings. The highest BCUT2D eigenvalue weighted by molar-refractivity contribution is 5.83. The fourth-order valence-corrected chi connectivity index (χ4v) is 1.70. The summed E-state index contributed by atoms with van der Waals surface area (Å²) in [6, 6.07) is 7.41. The average molecular weight is 329 g/mol. The van der Waals surface area contributed by atoms with Gasteiger partial charge in [0.05, 0.1) is 16.5 Å². The molecule has 24 heavy (non-hydrogen) atoms. The third-order valence-electron chi connectivity index (χ3n) is 2.71. The fourth-order valence-electron chi connectivity index (χ4n) is 1.70. The van der Waals surface area contributed by atoms with Gasteiger partial charge >= 0.3 is 0 Å². The van der Waals surface area contributed by atoms with Crippen molar-refractivity contribution in [1.29, 1.82) is 0 Å². The van der Waals surface area contributed by atoms with E-state index in [0.29, 0.717) is 17.2 Å². The molecule has 0 saturated heterocycles. The molecule has 7 heteroatoms. The minimum atomic E-state index is 0.392. The van der Waals surface area contributed by atoms with Crippen LogP contribution in [-0.4, -0.2) is 20.3 Å². The van der Waals surface area contributed by atoms with Crippen LogP contribution in [-0.2, 0) is 0 Å². The van der Waals surface area contributed by atoms with E-state index in [9.17, 15) is 0 Å². The Balaban J connectivity index is 0.000000199. The summed E-state index contributed by atoms with van der Waals surface area (Å²) >= 11 is 0. The predicted molar refractivity (Wildman–Crippen MR) is 95.5 cm³/mol. The number of nitrogens with two attached hydrogens (primary N) is 1. The van der Waals surface area contributed by atoms with Crippen molar-refractivity contribution in [3.63, 3.8) is 0 Å². The molecule has 0 fully saturated rings. The Kier molecular flexibility index (Phi) is 7.90. The molecule has 4 heterocycles. The van der Waals surface area contributed by atoms with E-state index in [0.717, 1.165) is 16.5 Å². The molecule has 0 saturated carbocycles. The zero-order valence-electron chi connectivity index (χ0n) is 14.6. The van der Waals surface area contributed by atoms with Crippen LogP contribution >= 0.6 is 0 Å². The first-order chi connectivity index (χ1) is 11.8. The molecule has 4 rings (SSSR count). The summed E-state index contributed by atoms with van der Waals surface area (Å²) in [4.78, 5) is 7.87. The van der Waals surface area contributed by atoms with E-state index in [-0.39, 0.29) is 0 Å². The monoisotopic (exact) mass is 329 g/mol. The van der Waals surface area contributed by atoms with Crippen molar-refractivity contribution < 1.29 is 9.05 Å². The number of hydrogen-bond acceptors (Lipinski definition) is 7. The van der Waals surface area contributed by atoms with Gasteiger partial charge in [-0.25, -0.2) is 9.97 Å². The Bertz CT molecular complexity index is 782. The standard InChI is InChI=1S/C7H6N2O.C6H5N3O.2C2H6/c1-5-6-3-2-4-8-7(6)10-9-5;7-5-4-2-1-3-8-6(4)10-9-5;2*1-2/h2-4H,1H3;1-3H,(H2,7,9);2*1-2H3. The number of nitrogen functional groups attached to an aromatic ring is 1. The summed E-state index contributed by atoms with van der Waals surface area (Å²) in [6.45, 7) is 9.90. The first-order valence-corrected chi connectivity index (χ1v) is 7.88. The second-order valence-electron chi connectivity index (χ2n) is 4.05. The van der Waals surface area contributed by atoms with Gasteiger partial charge in [0.1, 0.15) is 0 Å². The molecule has 0 amide bonds. The van der Waals surface area contributed by atoms with E-state index in [4.69, 9.17) is 14.8 Å². The Hall–Kier alpha value is -2.96. The maximum atomic E-state index is 5.43. The van der Waals surface area contributed by atoms with E-state index in [1.54, 1.807) is 18.5 Å². The largest absolute Gasteiger partial charge is 0.380 e. The van der Waals surface area contributed by atoms with Crippen molar-refractivity contribution >= 4 is 28.0 Å². The summed E-state index contributed by atoms with van der Waals surface area (Å²) in [5.74, 6) is 0.392. The molecule has 0 aliphatic heterocycles. The van der Waals surface area contributed by atoms with E-state index in [1.165, 1.54) is 0 Å². The summed E-state index contributed by atoms with van der Waals surface area (Å²) in [5.41, 5.74) is 7.42. The molecule has 0 aliphatic carbocycles. The maximum Gasteiger partial charge on any atom is 0.259 e. The smallest absolute Gasteiger partial charge is 0.259 e. The van der Waals surface area contributed by atoms with Crippen molar-refractivity contribution in [3.8, 4) is 0 Å². The maximum absolute atomic E-state index is 5.43. The lowest BCUT2D eigenvalue weighted by molar-refractivity contribution is 0.443. The van der Waals surface area contributed by atoms with E-state index in [2.05, 4.69) is 20.3 Å². The van der Waals surface area contributed by atoms with Crippen LogP contribution < -0.4 is 5.73 Å². The number of anilines is 1. The number of aromatic nitrogens is 4. The summed E-state index contributed by atoms with van der Waals surface area (Å²) < 4.78 is 9.65. The van der Waals surface area contributed by atoms with Crippen LogP contribution in [0.4, 0.5) is 5.82 Å². The van der Waals surface area contributed by atoms with Gasteiger partial charge in [-0.1, -0.05) is 38.0 Å². The molecular weight excluding hydrogens is 306 g/mol. The molecular formula is C17H23N5O2. The highest BCUT2D eigenvalue weighted by Crippen LogP contribution is 2.16. The van der Waals surface area contributed by atoms with Gasteiger partial charge in [0.25, 0.3) is 11.4 Å². The molecule has 0 spiro atoms. The number of fused-ring (bicyclic) bond motifs is 2. The molecule has 0 aliphatic rings. The second kappa shape index (κ2) is 9.94. The minimum Gasteiger partial charge on any atom is -0.380 e. The van der Waals surface area contributed by atoms with Crippen LogP contribution in [0.5, 0.6) is 0 Å². The topological polar surface area (TPSA) is 104 Å². The van der Waals surface area contributed by atoms with Crippen LogP contribution in [0.15, 0.2) is 45.7 Å². The first-order valence-electron chi connectivity index (χ1n) is 7.88. The molecule has 128 valence electrons. The van der Waals surface area contributed by atoms with Gasteiger partial charge in [-0.05, 0) is 31.2 Å². The highest BCUT2D eigenvalue weighted by Gasteiger charge is 2.02. The molecule has 7 nitrogen and oxygen atoms in total. The molecule has 0 bridgehead atoms. The average Bonchev–Trinajstić information content (AvgIpc) is 3.23. The minimum absolute atomic E-state index is 0.392. The van der Waals surface area contributed by atoms with Crippen molar-refractivity contribution in [3.05, 3.63) is 42.4 Å². The third-order valence-corrected chi connectivity index (χ3v) is 2.71. The second-order valence-corrected chi connectivity index (χ2v) is 4.05. The molecule has 0 atom stereocenters. The van der Waals surface area contributed by atoms with E-state index in [1.807, 2.05) is 52.8 Å². The fraction of sp³-hybridized carbons (Fsp3) is 0.294. The molecule has 0 aromatic carbocycles. The van der Waals surface area contributed by atoms with Crippen LogP contribution in [0, 0.1) is 6.92 Å². The Morgan fingerprint density at radius 1 is 0.792 bits per heavy atom. The normalized spacial score (nSPS) is 9.21. The van der Waals surface area contributed by atoms with Crippen molar-refractivity contribution in [2.45, 2.75) is 34.6 Å². The van der Waals surface area contributed by atoms with Gasteiger partial charge in [0.2, 0.25) is 0 Å². The zero-order chi connectivity index (χ0) is 17.9. The van der Waals surface area contributed by atoms with Gasteiger partial charge in [0.15, 0.2) is 5.82 Å². The van der Waals surface area contributed by atoms with Crippen molar-refractivity contribution in [2.24, 2.45) is 0 Å². The van der Waals surface area contributed by atoms with Crippen molar-refractivity contribution in [2.75, 3.05) is 5.73 Å². The van der Waals surface area contributed by atoms with Crippen LogP contribution in [0.2, 0.25) is 0 Å². The van der Waals surface area contributed by atoms with Gasteiger partial charge < -0.3 is 14.8 Å². The number of nitrogens with zero attached hydrogens (tertiary/aromatic N) is 4. The van der Waals surface area contributed by atoms with Crippen LogP contribution in [0.25, 0.3) is 22.2 Å². The van der Waals surface area contributed by atoms with Crippen LogP contribution in [0.1, 0.15) is 33.4 Å². The Labute approximate surface area is 140 Å². The molecule has 0 radical (unpaired) electrons. The van der Waals surface area contributed by atoms with E-state index < -0.39 is 0 Å². The lowest BCUT2D eigenvalue weighted by Gasteiger charge is -1.81.